The van der Waals surface area contributed by atoms with Crippen LogP contribution < -0.4 is 0 Å². The van der Waals surface area contributed by atoms with E-state index in [4.69, 9.17) is 42.6 Å². The van der Waals surface area contributed by atoms with Crippen LogP contribution in [0.3, 0.4) is 0 Å². The lowest BCUT2D eigenvalue weighted by molar-refractivity contribution is -0.140. The molecule has 0 saturated carbocycles. The lowest BCUT2D eigenvalue weighted by Crippen LogP contribution is -2.15. The van der Waals surface area contributed by atoms with E-state index in [1.807, 2.05) is 0 Å². The highest BCUT2D eigenvalue weighted by Crippen LogP contribution is 1.91. The molecule has 0 amide bonds. The van der Waals surface area contributed by atoms with Crippen LogP contribution in [0.25, 0.3) is 0 Å². The van der Waals surface area contributed by atoms with E-state index in [0.717, 1.165) is 0 Å². The Labute approximate surface area is 198 Å². The molecular formula is C23H42O10. The molecule has 0 aliphatic rings. The van der Waals surface area contributed by atoms with Crippen molar-refractivity contribution in [2.45, 2.75) is 6.92 Å². The summed E-state index contributed by atoms with van der Waals surface area (Å²) < 4.78 is 47.7. The molecule has 0 aromatic heterocycles. The quantitative estimate of drug-likeness (QED) is 0.0746. The number of carbonyl (C=O) groups is 1. The summed E-state index contributed by atoms with van der Waals surface area (Å²) in [6, 6.07) is 0. The molecule has 0 spiro atoms. The van der Waals surface area contributed by atoms with Crippen LogP contribution in [-0.2, 0) is 47.4 Å². The van der Waals surface area contributed by atoms with Crippen molar-refractivity contribution >= 4 is 5.97 Å². The van der Waals surface area contributed by atoms with Gasteiger partial charge in [-0.25, -0.2) is 4.79 Å². The monoisotopic (exact) mass is 478 g/mol. The average molecular weight is 479 g/mol. The fourth-order valence-electron chi connectivity index (χ4n) is 2.02. The molecule has 10 nitrogen and oxygen atoms in total. The van der Waals surface area contributed by atoms with Gasteiger partial charge in [-0.2, -0.15) is 0 Å². The largest absolute Gasteiger partial charge is 0.460 e. The highest BCUT2D eigenvalue weighted by Gasteiger charge is 2.01. The van der Waals surface area contributed by atoms with Crippen LogP contribution >= 0.6 is 0 Å². The normalized spacial score (nSPS) is 10.9. The number of rotatable bonds is 27. The first-order chi connectivity index (χ1) is 16.2. The number of ether oxygens (including phenoxy) is 9. The molecule has 0 aromatic rings. The molecule has 33 heavy (non-hydrogen) atoms. The standard InChI is InChI=1S/C23H42O10/c1-4-5-25-6-7-26-8-9-27-10-11-28-12-13-29-14-15-30-16-17-31-18-19-32-20-21-33-23(24)22(2)3/h4H,1-2,5-21H2,3H3. The van der Waals surface area contributed by atoms with E-state index in [9.17, 15) is 4.79 Å². The number of carbonyl (C=O) groups excluding carboxylic acids is 1. The Bertz CT molecular complexity index is 459. The number of esters is 1. The third-order valence-corrected chi connectivity index (χ3v) is 3.65. The molecule has 0 fully saturated rings. The van der Waals surface area contributed by atoms with Gasteiger partial charge in [0, 0.05) is 5.57 Å². The summed E-state index contributed by atoms with van der Waals surface area (Å²) in [5.41, 5.74) is 0.373. The second kappa shape index (κ2) is 26.9. The summed E-state index contributed by atoms with van der Waals surface area (Å²) in [6.07, 6.45) is 1.71. The summed E-state index contributed by atoms with van der Waals surface area (Å²) >= 11 is 0. The highest BCUT2D eigenvalue weighted by molar-refractivity contribution is 5.86. The molecule has 0 rings (SSSR count). The lowest BCUT2D eigenvalue weighted by atomic mass is 10.4. The molecule has 0 N–H and O–H groups in total. The van der Waals surface area contributed by atoms with Crippen LogP contribution in [0.1, 0.15) is 6.92 Å². The fourth-order valence-corrected chi connectivity index (χ4v) is 2.02. The Kier molecular flexibility index (Phi) is 25.8. The van der Waals surface area contributed by atoms with Gasteiger partial charge in [0.2, 0.25) is 0 Å². The maximum Gasteiger partial charge on any atom is 0.333 e. The zero-order valence-electron chi connectivity index (χ0n) is 20.1. The molecule has 0 aromatic carbocycles. The van der Waals surface area contributed by atoms with Crippen molar-refractivity contribution in [1.82, 2.24) is 0 Å². The van der Waals surface area contributed by atoms with Crippen molar-refractivity contribution in [3.8, 4) is 0 Å². The summed E-state index contributed by atoms with van der Waals surface area (Å²) in [6.45, 7) is 16.8. The predicted molar refractivity (Wildman–Crippen MR) is 123 cm³/mol. The van der Waals surface area contributed by atoms with Crippen LogP contribution in [0, 0.1) is 0 Å². The molecule has 0 aliphatic heterocycles. The van der Waals surface area contributed by atoms with Gasteiger partial charge in [-0.05, 0) is 6.92 Å². The molecule has 0 saturated heterocycles. The Morgan fingerprint density at radius 1 is 0.545 bits per heavy atom. The minimum absolute atomic E-state index is 0.205. The summed E-state index contributed by atoms with van der Waals surface area (Å²) in [5, 5.41) is 0. The van der Waals surface area contributed by atoms with Crippen molar-refractivity contribution in [2.24, 2.45) is 0 Å². The SMILES string of the molecule is C=CCOCCOCCOCCOCCOCCOCCOCCOCCOC(=O)C(=C)C. The molecule has 0 atom stereocenters. The summed E-state index contributed by atoms with van der Waals surface area (Å²) in [7, 11) is 0. The van der Waals surface area contributed by atoms with Crippen LogP contribution in [0.5, 0.6) is 0 Å². The van der Waals surface area contributed by atoms with Gasteiger partial charge in [-0.1, -0.05) is 12.7 Å². The van der Waals surface area contributed by atoms with Crippen molar-refractivity contribution in [3.63, 3.8) is 0 Å². The number of hydrogen-bond acceptors (Lipinski definition) is 10. The van der Waals surface area contributed by atoms with E-state index in [0.29, 0.717) is 111 Å². The molecule has 0 heterocycles. The maximum absolute atomic E-state index is 11.1. The van der Waals surface area contributed by atoms with Crippen LogP contribution in [0.4, 0.5) is 0 Å². The van der Waals surface area contributed by atoms with Crippen LogP contribution in [0.2, 0.25) is 0 Å². The fraction of sp³-hybridized carbons (Fsp3) is 0.783. The van der Waals surface area contributed by atoms with E-state index >= 15 is 0 Å². The molecule has 10 heteroatoms. The van der Waals surface area contributed by atoms with Crippen molar-refractivity contribution < 1.29 is 47.4 Å². The topological polar surface area (TPSA) is 100 Å². The summed E-state index contributed by atoms with van der Waals surface area (Å²) in [4.78, 5) is 11.1. The lowest BCUT2D eigenvalue weighted by Gasteiger charge is -2.08. The Morgan fingerprint density at radius 3 is 1.09 bits per heavy atom. The Hall–Kier alpha value is -1.37. The van der Waals surface area contributed by atoms with Gasteiger partial charge in [0.1, 0.15) is 6.61 Å². The van der Waals surface area contributed by atoms with Crippen LogP contribution in [0.15, 0.2) is 24.8 Å². The van der Waals surface area contributed by atoms with E-state index in [2.05, 4.69) is 13.2 Å². The van der Waals surface area contributed by atoms with E-state index < -0.39 is 5.97 Å². The Balaban J connectivity index is 3.06. The third kappa shape index (κ3) is 26.8. The number of hydrogen-bond donors (Lipinski definition) is 0. The second-order valence-corrected chi connectivity index (χ2v) is 6.57. The minimum Gasteiger partial charge on any atom is -0.460 e. The maximum atomic E-state index is 11.1. The first-order valence-electron chi connectivity index (χ1n) is 11.2. The van der Waals surface area contributed by atoms with Crippen molar-refractivity contribution in [2.75, 3.05) is 112 Å². The van der Waals surface area contributed by atoms with Gasteiger partial charge < -0.3 is 42.6 Å². The van der Waals surface area contributed by atoms with Gasteiger partial charge in [0.25, 0.3) is 0 Å². The smallest absolute Gasteiger partial charge is 0.333 e. The first-order valence-corrected chi connectivity index (χ1v) is 11.2. The van der Waals surface area contributed by atoms with Gasteiger partial charge in [0.15, 0.2) is 0 Å². The molecule has 0 aliphatic carbocycles. The molecule has 0 radical (unpaired) electrons. The van der Waals surface area contributed by atoms with Crippen molar-refractivity contribution in [1.29, 1.82) is 0 Å². The minimum atomic E-state index is -0.409. The zero-order chi connectivity index (χ0) is 24.2. The van der Waals surface area contributed by atoms with Crippen LogP contribution in [-0.4, -0.2) is 118 Å². The molecule has 0 bridgehead atoms. The van der Waals surface area contributed by atoms with Gasteiger partial charge in [-0.3, -0.25) is 0 Å². The molecule has 194 valence electrons. The van der Waals surface area contributed by atoms with Gasteiger partial charge >= 0.3 is 5.97 Å². The third-order valence-electron chi connectivity index (χ3n) is 3.65. The van der Waals surface area contributed by atoms with E-state index in [-0.39, 0.29) is 6.61 Å². The van der Waals surface area contributed by atoms with E-state index in [1.54, 1.807) is 13.0 Å². The average Bonchev–Trinajstić information content (AvgIpc) is 2.81. The first kappa shape index (κ1) is 31.6. The van der Waals surface area contributed by atoms with Gasteiger partial charge in [-0.15, -0.1) is 6.58 Å². The van der Waals surface area contributed by atoms with Gasteiger partial charge in [0.05, 0.1) is 106 Å². The summed E-state index contributed by atoms with van der Waals surface area (Å²) in [5.74, 6) is -0.409. The molecular weight excluding hydrogens is 436 g/mol. The predicted octanol–water partition coefficient (Wildman–Crippen LogP) is 1.42. The molecule has 0 unspecified atom stereocenters. The Morgan fingerprint density at radius 2 is 0.818 bits per heavy atom. The second-order valence-electron chi connectivity index (χ2n) is 6.57. The highest BCUT2D eigenvalue weighted by atomic mass is 16.6. The van der Waals surface area contributed by atoms with Crippen molar-refractivity contribution in [3.05, 3.63) is 24.8 Å². The zero-order valence-corrected chi connectivity index (χ0v) is 20.1. The van der Waals surface area contributed by atoms with E-state index in [1.165, 1.54) is 0 Å².